The third kappa shape index (κ3) is 5.88. The lowest BCUT2D eigenvalue weighted by Crippen LogP contribution is -2.37. The van der Waals surface area contributed by atoms with E-state index in [2.05, 4.69) is 22.9 Å². The Morgan fingerprint density at radius 3 is 2.96 bits per heavy atom. The summed E-state index contributed by atoms with van der Waals surface area (Å²) in [5.74, 6) is 0.903. The van der Waals surface area contributed by atoms with Crippen molar-refractivity contribution in [3.8, 4) is 0 Å². The predicted molar refractivity (Wildman–Crippen MR) is 92.2 cm³/mol. The number of hydrogen-bond acceptors (Lipinski definition) is 4. The smallest absolute Gasteiger partial charge is 0.315 e. The van der Waals surface area contributed by atoms with Crippen molar-refractivity contribution >= 4 is 23.7 Å². The minimum absolute atomic E-state index is 0.0539. The van der Waals surface area contributed by atoms with Crippen molar-refractivity contribution in [2.45, 2.75) is 81.9 Å². The maximum atomic E-state index is 11.8. The van der Waals surface area contributed by atoms with E-state index in [1.807, 2.05) is 11.8 Å². The van der Waals surface area contributed by atoms with E-state index in [4.69, 9.17) is 0 Å². The van der Waals surface area contributed by atoms with Crippen LogP contribution in [0.15, 0.2) is 0 Å². The lowest BCUT2D eigenvalue weighted by molar-refractivity contribution is -0.124. The molecule has 0 aromatic carbocycles. The number of aliphatic hydroxyl groups is 1. The normalized spacial score (nSPS) is 27.2. The molecule has 0 radical (unpaired) electrons. The summed E-state index contributed by atoms with van der Waals surface area (Å²) in [5, 5.41) is 18.7. The zero-order chi connectivity index (χ0) is 16.7. The van der Waals surface area contributed by atoms with E-state index in [1.165, 1.54) is 0 Å². The molecule has 23 heavy (non-hydrogen) atoms. The summed E-state index contributed by atoms with van der Waals surface area (Å²) in [6.45, 7) is 2.11. The van der Waals surface area contributed by atoms with Gasteiger partial charge in [0, 0.05) is 17.4 Å². The van der Waals surface area contributed by atoms with Crippen LogP contribution in [-0.4, -0.2) is 46.4 Å². The molecular formula is C16H29N3O3S. The third-order valence-corrected chi connectivity index (χ3v) is 6.00. The van der Waals surface area contributed by atoms with Crippen molar-refractivity contribution in [2.24, 2.45) is 0 Å². The van der Waals surface area contributed by atoms with Crippen LogP contribution in [0, 0.1) is 0 Å². The van der Waals surface area contributed by atoms with Crippen LogP contribution in [0.2, 0.25) is 0 Å². The zero-order valence-electron chi connectivity index (χ0n) is 13.8. The number of carbonyl (C=O) groups excluding carboxylic acids is 2. The fraction of sp³-hybridized carbons (Fsp3) is 0.875. The van der Waals surface area contributed by atoms with E-state index in [0.29, 0.717) is 18.1 Å². The molecule has 2 aliphatic rings. The molecule has 2 aliphatic heterocycles. The minimum atomic E-state index is -0.708. The van der Waals surface area contributed by atoms with Gasteiger partial charge in [-0.1, -0.05) is 26.2 Å². The molecule has 4 N–H and O–H groups in total. The fourth-order valence-corrected chi connectivity index (χ4v) is 4.74. The Labute approximate surface area is 142 Å². The highest BCUT2D eigenvalue weighted by Crippen LogP contribution is 2.33. The number of fused-ring (bicyclic) bond motifs is 1. The Balaban J connectivity index is 1.53. The summed E-state index contributed by atoms with van der Waals surface area (Å²) in [6.07, 6.45) is 6.32. The molecule has 2 heterocycles. The van der Waals surface area contributed by atoms with E-state index >= 15 is 0 Å². The molecule has 2 saturated heterocycles. The lowest BCUT2D eigenvalue weighted by atomic mass is 10.0. The quantitative estimate of drug-likeness (QED) is 0.276. The first-order valence-electron chi connectivity index (χ1n) is 8.76. The molecule has 0 spiro atoms. The van der Waals surface area contributed by atoms with Crippen molar-refractivity contribution < 1.29 is 14.7 Å². The summed E-state index contributed by atoms with van der Waals surface area (Å²) in [4.78, 5) is 23.1. The first kappa shape index (κ1) is 18.4. The van der Waals surface area contributed by atoms with Crippen molar-refractivity contribution in [2.75, 3.05) is 5.75 Å². The van der Waals surface area contributed by atoms with E-state index < -0.39 is 6.23 Å². The van der Waals surface area contributed by atoms with Gasteiger partial charge in [-0.15, -0.1) is 0 Å². The molecule has 1 unspecified atom stereocenters. The zero-order valence-corrected chi connectivity index (χ0v) is 14.7. The maximum Gasteiger partial charge on any atom is 0.315 e. The maximum absolute atomic E-state index is 11.8. The van der Waals surface area contributed by atoms with Crippen LogP contribution in [-0.2, 0) is 4.79 Å². The predicted octanol–water partition coefficient (Wildman–Crippen LogP) is 1.73. The second kappa shape index (κ2) is 9.37. The number of urea groups is 1. The average molecular weight is 343 g/mol. The molecule has 7 heteroatoms. The van der Waals surface area contributed by atoms with Crippen molar-refractivity contribution in [3.05, 3.63) is 0 Å². The Morgan fingerprint density at radius 1 is 1.35 bits per heavy atom. The van der Waals surface area contributed by atoms with Crippen LogP contribution < -0.4 is 16.0 Å². The second-order valence-electron chi connectivity index (χ2n) is 6.45. The molecule has 0 saturated carbocycles. The Kier molecular flexibility index (Phi) is 7.49. The largest absolute Gasteiger partial charge is 0.374 e. The number of rotatable bonds is 10. The molecule has 4 atom stereocenters. The molecular weight excluding hydrogens is 314 g/mol. The topological polar surface area (TPSA) is 90.5 Å². The van der Waals surface area contributed by atoms with Crippen LogP contribution in [0.1, 0.15) is 58.3 Å². The molecule has 6 nitrogen and oxygen atoms in total. The van der Waals surface area contributed by atoms with Gasteiger partial charge in [-0.05, 0) is 25.7 Å². The number of carbonyl (C=O) groups is 2. The number of amides is 3. The van der Waals surface area contributed by atoms with Gasteiger partial charge < -0.3 is 21.1 Å². The van der Waals surface area contributed by atoms with Gasteiger partial charge in [0.05, 0.1) is 12.1 Å². The number of nitrogens with one attached hydrogen (secondary N) is 3. The van der Waals surface area contributed by atoms with Gasteiger partial charge in [-0.3, -0.25) is 4.79 Å². The fourth-order valence-electron chi connectivity index (χ4n) is 3.19. The van der Waals surface area contributed by atoms with Crippen LogP contribution in [0.5, 0.6) is 0 Å². The summed E-state index contributed by atoms with van der Waals surface area (Å²) in [5.41, 5.74) is 0. The molecule has 0 aliphatic carbocycles. The molecule has 0 bridgehead atoms. The van der Waals surface area contributed by atoms with Crippen LogP contribution in [0.4, 0.5) is 4.79 Å². The van der Waals surface area contributed by atoms with Crippen molar-refractivity contribution in [1.82, 2.24) is 16.0 Å². The van der Waals surface area contributed by atoms with Gasteiger partial charge >= 0.3 is 6.03 Å². The molecule has 0 aromatic rings. The first-order valence-corrected chi connectivity index (χ1v) is 9.81. The van der Waals surface area contributed by atoms with Gasteiger partial charge in [0.25, 0.3) is 0 Å². The van der Waals surface area contributed by atoms with Crippen molar-refractivity contribution in [3.63, 3.8) is 0 Å². The molecule has 2 fully saturated rings. The van der Waals surface area contributed by atoms with Gasteiger partial charge in [0.15, 0.2) is 0 Å². The van der Waals surface area contributed by atoms with E-state index in [1.54, 1.807) is 0 Å². The van der Waals surface area contributed by atoms with Gasteiger partial charge in [0.2, 0.25) is 5.91 Å². The highest BCUT2D eigenvalue weighted by molar-refractivity contribution is 8.00. The minimum Gasteiger partial charge on any atom is -0.374 e. The van der Waals surface area contributed by atoms with Crippen LogP contribution >= 0.6 is 11.8 Å². The Hall–Kier alpha value is -0.950. The van der Waals surface area contributed by atoms with Gasteiger partial charge in [-0.2, -0.15) is 11.8 Å². The average Bonchev–Trinajstić information content (AvgIpc) is 3.03. The summed E-state index contributed by atoms with van der Waals surface area (Å²) >= 11 is 1.90. The first-order chi connectivity index (χ1) is 11.1. The van der Waals surface area contributed by atoms with E-state index in [-0.39, 0.29) is 24.0 Å². The Morgan fingerprint density at radius 2 is 2.17 bits per heavy atom. The summed E-state index contributed by atoms with van der Waals surface area (Å²) in [6, 6.07) is 0.447. The summed E-state index contributed by atoms with van der Waals surface area (Å²) < 4.78 is 0. The second-order valence-corrected chi connectivity index (χ2v) is 7.72. The SMILES string of the molecule is CCCCCC(O)NC(=O)CCCC[C@@H]1SC[C@@H]2NC(=O)N[C@@H]21. The van der Waals surface area contributed by atoms with Gasteiger partial charge in [0.1, 0.15) is 6.23 Å². The van der Waals surface area contributed by atoms with Crippen LogP contribution in [0.25, 0.3) is 0 Å². The van der Waals surface area contributed by atoms with E-state index in [9.17, 15) is 14.7 Å². The van der Waals surface area contributed by atoms with E-state index in [0.717, 1.165) is 44.3 Å². The summed E-state index contributed by atoms with van der Waals surface area (Å²) in [7, 11) is 0. The van der Waals surface area contributed by atoms with Gasteiger partial charge in [-0.25, -0.2) is 4.79 Å². The number of thioether (sulfide) groups is 1. The molecule has 2 rings (SSSR count). The molecule has 3 amide bonds. The molecule has 132 valence electrons. The highest BCUT2D eigenvalue weighted by Gasteiger charge is 2.42. The van der Waals surface area contributed by atoms with Crippen molar-refractivity contribution in [1.29, 1.82) is 0 Å². The standard InChI is InChI=1S/C16H29N3O3S/c1-2-3-4-8-13(20)18-14(21)9-6-5-7-12-15-11(10-23-12)17-16(22)19-15/h11-13,15,20H,2-10H2,1H3,(H,18,21)(H2,17,19,22)/t11-,12-,13?,15-/m0/s1. The third-order valence-electron chi connectivity index (χ3n) is 4.49. The monoisotopic (exact) mass is 343 g/mol. The number of unbranched alkanes of at least 4 members (excludes halogenated alkanes) is 3. The number of hydrogen-bond donors (Lipinski definition) is 4. The highest BCUT2D eigenvalue weighted by atomic mass is 32.2. The number of aliphatic hydroxyl groups excluding tert-OH is 1. The lowest BCUT2D eigenvalue weighted by Gasteiger charge is -2.16. The molecule has 0 aromatic heterocycles. The Bertz CT molecular complexity index is 408. The van der Waals surface area contributed by atoms with Crippen LogP contribution in [0.3, 0.4) is 0 Å².